The van der Waals surface area contributed by atoms with Gasteiger partial charge in [0, 0.05) is 5.87 Å². The Hall–Kier alpha value is -0.600. The van der Waals surface area contributed by atoms with Gasteiger partial charge >= 0.3 is 0 Å². The van der Waals surface area contributed by atoms with Gasteiger partial charge in [-0.05, 0) is 17.9 Å². The van der Waals surface area contributed by atoms with Crippen LogP contribution in [0.3, 0.4) is 0 Å². The minimum absolute atomic E-state index is 0.234. The molecule has 0 spiro atoms. The second-order valence-corrected chi connectivity index (χ2v) is 9.04. The van der Waals surface area contributed by atoms with E-state index >= 15 is 0 Å². The Balaban J connectivity index is 2.52. The second-order valence-electron chi connectivity index (χ2n) is 5.17. The Morgan fingerprint density at radius 1 is 1.25 bits per heavy atom. The summed E-state index contributed by atoms with van der Waals surface area (Å²) in [5, 5.41) is 10.1. The van der Waals surface area contributed by atoms with Crippen LogP contribution in [0.25, 0.3) is 0 Å². The highest BCUT2D eigenvalue weighted by Gasteiger charge is 2.20. The maximum atomic E-state index is 10.1. The van der Waals surface area contributed by atoms with Crippen LogP contribution < -0.4 is 0 Å². The fourth-order valence-corrected chi connectivity index (χ4v) is 3.00. The van der Waals surface area contributed by atoms with Gasteiger partial charge in [0.15, 0.2) is 0 Å². The fourth-order valence-electron chi connectivity index (χ4n) is 1.75. The molecule has 90 valence electrons. The average Bonchev–Trinajstić information content (AvgIpc) is 2.16. The van der Waals surface area contributed by atoms with Gasteiger partial charge < -0.3 is 5.11 Å². The number of hydrogen-bond acceptors (Lipinski definition) is 1. The molecule has 0 aliphatic heterocycles. The highest BCUT2D eigenvalue weighted by molar-refractivity contribution is 8.10. The van der Waals surface area contributed by atoms with E-state index in [4.69, 9.17) is 0 Å². The zero-order chi connectivity index (χ0) is 12.2. The Morgan fingerprint density at radius 2 is 1.81 bits per heavy atom. The van der Waals surface area contributed by atoms with Gasteiger partial charge in [-0.15, -0.1) is 9.62 Å². The van der Waals surface area contributed by atoms with Crippen LogP contribution in [0, 0.1) is 5.92 Å². The van der Waals surface area contributed by atoms with Crippen LogP contribution in [0.5, 0.6) is 0 Å². The molecule has 1 rings (SSSR count). The van der Waals surface area contributed by atoms with Crippen molar-refractivity contribution in [3.63, 3.8) is 0 Å². The van der Waals surface area contributed by atoms with Crippen LogP contribution in [0.4, 0.5) is 0 Å². The molecule has 0 unspecified atom stereocenters. The largest absolute Gasteiger partial charge is 0.388 e. The zero-order valence-corrected chi connectivity index (χ0v) is 11.3. The molecule has 1 N–H and O–H groups in total. The van der Waals surface area contributed by atoms with Crippen molar-refractivity contribution in [2.75, 3.05) is 18.3 Å². The van der Waals surface area contributed by atoms with Gasteiger partial charge in [0.25, 0.3) is 0 Å². The summed E-state index contributed by atoms with van der Waals surface area (Å²) < 4.78 is 0. The van der Waals surface area contributed by atoms with Crippen LogP contribution in [0.15, 0.2) is 30.3 Å². The van der Waals surface area contributed by atoms with Crippen molar-refractivity contribution in [3.8, 4) is 0 Å². The second kappa shape index (κ2) is 5.65. The fraction of sp³-hybridized carbons (Fsp3) is 0.500. The molecule has 2 heteroatoms. The van der Waals surface area contributed by atoms with Gasteiger partial charge in [0.05, 0.1) is 18.6 Å². The number of aliphatic hydroxyl groups excluding tert-OH is 1. The third-order valence-corrected chi connectivity index (χ3v) is 3.92. The van der Waals surface area contributed by atoms with E-state index in [1.165, 1.54) is 5.56 Å². The van der Waals surface area contributed by atoms with Crippen LogP contribution in [-0.4, -0.2) is 35.3 Å². The maximum absolute atomic E-state index is 10.1. The van der Waals surface area contributed by atoms with Crippen LogP contribution >= 0.6 is 0 Å². The van der Waals surface area contributed by atoms with Gasteiger partial charge in [-0.3, -0.25) is 0 Å². The topological polar surface area (TPSA) is 20.2 Å². The van der Waals surface area contributed by atoms with E-state index in [-0.39, 0.29) is 6.10 Å². The molecular formula is C14H23OS+. The van der Waals surface area contributed by atoms with Crippen molar-refractivity contribution in [1.82, 2.24) is 0 Å². The highest BCUT2D eigenvalue weighted by Crippen LogP contribution is 2.14. The lowest BCUT2D eigenvalue weighted by molar-refractivity contribution is 0.139. The van der Waals surface area contributed by atoms with E-state index in [0.717, 1.165) is 12.2 Å². The third-order valence-electron chi connectivity index (χ3n) is 2.68. The monoisotopic (exact) mass is 239 g/mol. The normalized spacial score (nSPS) is 15.8. The molecule has 2 atom stereocenters. The summed E-state index contributed by atoms with van der Waals surface area (Å²) in [4.78, 5) is 0. The first-order valence-electron chi connectivity index (χ1n) is 5.64. The standard InChI is InChI=1S/C14H23OS/c1-12(14(15)11-16(2,3)4)10-13-8-6-5-7-9-13/h5-9,12,14-15H,2,10-11H2,1,3-4H3/q+1/t12-,14-/m0/s1. The van der Waals surface area contributed by atoms with E-state index < -0.39 is 9.62 Å². The van der Waals surface area contributed by atoms with E-state index in [0.29, 0.717) is 5.92 Å². The quantitative estimate of drug-likeness (QED) is 0.616. The van der Waals surface area contributed by atoms with Crippen molar-refractivity contribution in [2.24, 2.45) is 5.92 Å². The number of hydrogen-bond donors (Lipinski definition) is 1. The molecule has 0 saturated heterocycles. The smallest absolute Gasteiger partial charge is 0.100 e. The van der Waals surface area contributed by atoms with Gasteiger partial charge in [-0.1, -0.05) is 37.3 Å². The molecule has 0 aromatic heterocycles. The summed E-state index contributed by atoms with van der Waals surface area (Å²) in [6.07, 6.45) is 5.00. The Kier molecular flexibility index (Phi) is 4.75. The lowest BCUT2D eigenvalue weighted by atomic mass is 9.97. The first-order valence-corrected chi connectivity index (χ1v) is 8.43. The Labute approximate surface area is 100 Å². The van der Waals surface area contributed by atoms with Crippen LogP contribution in [-0.2, 0) is 16.0 Å². The Morgan fingerprint density at radius 3 is 2.31 bits per heavy atom. The van der Waals surface area contributed by atoms with Crippen molar-refractivity contribution in [3.05, 3.63) is 35.9 Å². The molecule has 1 aromatic rings. The summed E-state index contributed by atoms with van der Waals surface area (Å²) in [6.45, 7) is 2.11. The summed E-state index contributed by atoms with van der Waals surface area (Å²) in [6, 6.07) is 10.3. The SMILES string of the molecule is C=[S+](C)(C)C[C@H](O)[C@@H](C)Cc1ccccc1. The molecule has 1 aromatic carbocycles. The summed E-state index contributed by atoms with van der Waals surface area (Å²) >= 11 is 0. The summed E-state index contributed by atoms with van der Waals surface area (Å²) in [5.41, 5.74) is 1.30. The van der Waals surface area contributed by atoms with E-state index in [1.54, 1.807) is 0 Å². The lowest BCUT2D eigenvalue weighted by Crippen LogP contribution is -2.30. The van der Waals surface area contributed by atoms with E-state index in [1.807, 2.05) is 18.2 Å². The van der Waals surface area contributed by atoms with E-state index in [2.05, 4.69) is 37.4 Å². The third kappa shape index (κ3) is 4.95. The van der Waals surface area contributed by atoms with E-state index in [9.17, 15) is 5.11 Å². The van der Waals surface area contributed by atoms with Gasteiger partial charge in [0.2, 0.25) is 0 Å². The van der Waals surface area contributed by atoms with Crippen molar-refractivity contribution in [1.29, 1.82) is 0 Å². The lowest BCUT2D eigenvalue weighted by Gasteiger charge is -2.20. The number of aliphatic hydroxyl groups is 1. The average molecular weight is 239 g/mol. The van der Waals surface area contributed by atoms with Gasteiger partial charge in [-0.25, -0.2) is 0 Å². The minimum atomic E-state index is -0.861. The predicted molar refractivity (Wildman–Crippen MR) is 76.5 cm³/mol. The predicted octanol–water partition coefficient (Wildman–Crippen LogP) is 2.07. The van der Waals surface area contributed by atoms with Crippen LogP contribution in [0.2, 0.25) is 0 Å². The molecule has 16 heavy (non-hydrogen) atoms. The molecule has 0 aliphatic rings. The van der Waals surface area contributed by atoms with Crippen molar-refractivity contribution < 1.29 is 5.11 Å². The van der Waals surface area contributed by atoms with Crippen LogP contribution in [0.1, 0.15) is 12.5 Å². The molecular weight excluding hydrogens is 216 g/mol. The Bertz CT molecular complexity index is 352. The molecule has 0 amide bonds. The van der Waals surface area contributed by atoms with Gasteiger partial charge in [0.1, 0.15) is 5.75 Å². The number of benzene rings is 1. The first kappa shape index (κ1) is 13.5. The molecule has 0 saturated carbocycles. The zero-order valence-electron chi connectivity index (χ0n) is 10.5. The first-order chi connectivity index (χ1) is 7.38. The molecule has 1 nitrogen and oxygen atoms in total. The maximum Gasteiger partial charge on any atom is 0.100 e. The molecule has 0 fully saturated rings. The summed E-state index contributed by atoms with van der Waals surface area (Å²) in [5.74, 6) is 5.26. The summed E-state index contributed by atoms with van der Waals surface area (Å²) in [7, 11) is -0.861. The highest BCUT2D eigenvalue weighted by atomic mass is 32.2. The van der Waals surface area contributed by atoms with Gasteiger partial charge in [-0.2, -0.15) is 0 Å². The molecule has 0 radical (unpaired) electrons. The van der Waals surface area contributed by atoms with Crippen molar-refractivity contribution >= 4 is 15.5 Å². The number of rotatable bonds is 5. The van der Waals surface area contributed by atoms with Crippen molar-refractivity contribution in [2.45, 2.75) is 19.4 Å². The molecule has 0 bridgehead atoms. The minimum Gasteiger partial charge on any atom is -0.388 e. The molecule has 0 heterocycles. The molecule has 0 aliphatic carbocycles.